The Morgan fingerprint density at radius 1 is 1.30 bits per heavy atom. The van der Waals surface area contributed by atoms with E-state index in [-0.39, 0.29) is 0 Å². The smallest absolute Gasteiger partial charge is 0.339 e. The summed E-state index contributed by atoms with van der Waals surface area (Å²) in [7, 11) is 1.34. The van der Waals surface area contributed by atoms with E-state index in [9.17, 15) is 4.79 Å². The van der Waals surface area contributed by atoms with Crippen LogP contribution in [0.3, 0.4) is 0 Å². The molecule has 3 aromatic rings. The molecule has 3 heterocycles. The number of pyridine rings is 2. The summed E-state index contributed by atoms with van der Waals surface area (Å²) in [5.41, 5.74) is 1.71. The molecule has 0 atom stereocenters. The highest BCUT2D eigenvalue weighted by atomic mass is 79.9. The van der Waals surface area contributed by atoms with Gasteiger partial charge in [0, 0.05) is 16.9 Å². The number of fused-ring (bicyclic) bond motifs is 1. The minimum absolute atomic E-state index is 0.411. The standard InChI is InChI=1S/C13H9BrN4O2/c1-20-13(19)8-4-5-10-16-17-12(18(10)7-8)11-9(14)3-2-6-15-11/h2-7H,1H3. The number of carbonyl (C=O) groups is 1. The third-order valence-electron chi connectivity index (χ3n) is 2.79. The summed E-state index contributed by atoms with van der Waals surface area (Å²) in [5, 5.41) is 8.18. The first kappa shape index (κ1) is 12.7. The van der Waals surface area contributed by atoms with Crippen molar-refractivity contribution < 1.29 is 9.53 Å². The Kier molecular flexibility index (Phi) is 3.19. The van der Waals surface area contributed by atoms with E-state index in [0.717, 1.165) is 4.47 Å². The molecule has 100 valence electrons. The summed E-state index contributed by atoms with van der Waals surface area (Å²) in [6.45, 7) is 0. The Balaban J connectivity index is 2.22. The SMILES string of the molecule is COC(=O)c1ccc2nnc(-c3ncccc3Br)n2c1. The van der Waals surface area contributed by atoms with Gasteiger partial charge in [-0.3, -0.25) is 9.38 Å². The van der Waals surface area contributed by atoms with Crippen molar-refractivity contribution in [1.82, 2.24) is 19.6 Å². The summed E-state index contributed by atoms with van der Waals surface area (Å²) >= 11 is 3.43. The number of halogens is 1. The highest BCUT2D eigenvalue weighted by Gasteiger charge is 2.14. The van der Waals surface area contributed by atoms with Crippen LogP contribution in [0, 0.1) is 0 Å². The van der Waals surface area contributed by atoms with Crippen molar-refractivity contribution >= 4 is 27.5 Å². The van der Waals surface area contributed by atoms with Crippen LogP contribution >= 0.6 is 15.9 Å². The van der Waals surface area contributed by atoms with E-state index < -0.39 is 5.97 Å². The second-order valence-electron chi connectivity index (χ2n) is 3.99. The van der Waals surface area contributed by atoms with Crippen LogP contribution in [0.2, 0.25) is 0 Å². The molecule has 0 aromatic carbocycles. The maximum Gasteiger partial charge on any atom is 0.339 e. The van der Waals surface area contributed by atoms with E-state index >= 15 is 0 Å². The first-order valence-corrected chi connectivity index (χ1v) is 6.54. The summed E-state index contributed by atoms with van der Waals surface area (Å²) < 4.78 is 7.22. The van der Waals surface area contributed by atoms with Crippen molar-refractivity contribution in [2.75, 3.05) is 7.11 Å². The van der Waals surface area contributed by atoms with Crippen molar-refractivity contribution in [3.63, 3.8) is 0 Å². The van der Waals surface area contributed by atoms with Crippen LogP contribution < -0.4 is 0 Å². The normalized spacial score (nSPS) is 10.7. The predicted octanol–water partition coefficient (Wildman–Crippen LogP) is 2.34. The Hall–Kier alpha value is -2.28. The number of esters is 1. The summed E-state index contributed by atoms with van der Waals surface area (Å²) in [5.74, 6) is 0.143. The summed E-state index contributed by atoms with van der Waals surface area (Å²) in [6, 6.07) is 7.04. The second-order valence-corrected chi connectivity index (χ2v) is 4.85. The van der Waals surface area contributed by atoms with E-state index in [1.165, 1.54) is 7.11 Å². The molecule has 0 aliphatic heterocycles. The van der Waals surface area contributed by atoms with Gasteiger partial charge in [-0.25, -0.2) is 4.79 Å². The summed E-state index contributed by atoms with van der Waals surface area (Å²) in [4.78, 5) is 15.9. The Morgan fingerprint density at radius 3 is 2.90 bits per heavy atom. The molecular weight excluding hydrogens is 324 g/mol. The first-order chi connectivity index (χ1) is 9.70. The lowest BCUT2D eigenvalue weighted by atomic mass is 10.3. The number of nitrogens with zero attached hydrogens (tertiary/aromatic N) is 4. The maximum atomic E-state index is 11.6. The molecule has 3 rings (SSSR count). The predicted molar refractivity (Wildman–Crippen MR) is 75.3 cm³/mol. The summed E-state index contributed by atoms with van der Waals surface area (Å²) in [6.07, 6.45) is 3.31. The Morgan fingerprint density at radius 2 is 2.15 bits per heavy atom. The molecule has 3 aromatic heterocycles. The zero-order valence-electron chi connectivity index (χ0n) is 10.4. The minimum Gasteiger partial charge on any atom is -0.465 e. The molecule has 0 aliphatic rings. The van der Waals surface area contributed by atoms with Gasteiger partial charge in [0.1, 0.15) is 5.69 Å². The maximum absolute atomic E-state index is 11.6. The lowest BCUT2D eigenvalue weighted by molar-refractivity contribution is 0.0600. The fourth-order valence-electron chi connectivity index (χ4n) is 1.84. The molecule has 0 spiro atoms. The van der Waals surface area contributed by atoms with E-state index in [1.807, 2.05) is 12.1 Å². The van der Waals surface area contributed by atoms with Crippen LogP contribution in [0.4, 0.5) is 0 Å². The van der Waals surface area contributed by atoms with E-state index in [1.54, 1.807) is 28.9 Å². The molecule has 0 bridgehead atoms. The molecule has 0 radical (unpaired) electrons. The van der Waals surface area contributed by atoms with Gasteiger partial charge in [0.25, 0.3) is 0 Å². The van der Waals surface area contributed by atoms with Crippen LogP contribution in [-0.4, -0.2) is 32.7 Å². The van der Waals surface area contributed by atoms with E-state index in [2.05, 4.69) is 31.1 Å². The Labute approximate surface area is 122 Å². The van der Waals surface area contributed by atoms with Gasteiger partial charge >= 0.3 is 5.97 Å². The van der Waals surface area contributed by atoms with Crippen molar-refractivity contribution in [3.8, 4) is 11.5 Å². The number of hydrogen-bond donors (Lipinski definition) is 0. The topological polar surface area (TPSA) is 69.4 Å². The largest absolute Gasteiger partial charge is 0.465 e. The van der Waals surface area contributed by atoms with Gasteiger partial charge in [0.15, 0.2) is 11.5 Å². The van der Waals surface area contributed by atoms with Gasteiger partial charge in [-0.05, 0) is 40.2 Å². The lowest BCUT2D eigenvalue weighted by Crippen LogP contribution is -2.03. The highest BCUT2D eigenvalue weighted by Crippen LogP contribution is 2.24. The van der Waals surface area contributed by atoms with Gasteiger partial charge in [-0.1, -0.05) is 0 Å². The first-order valence-electron chi connectivity index (χ1n) is 5.74. The van der Waals surface area contributed by atoms with E-state index in [4.69, 9.17) is 4.74 Å². The monoisotopic (exact) mass is 332 g/mol. The van der Waals surface area contributed by atoms with Gasteiger partial charge in [-0.15, -0.1) is 10.2 Å². The molecule has 0 N–H and O–H groups in total. The molecule has 20 heavy (non-hydrogen) atoms. The van der Waals surface area contributed by atoms with Crippen LogP contribution in [-0.2, 0) is 4.74 Å². The molecule has 0 unspecified atom stereocenters. The molecule has 0 aliphatic carbocycles. The fourth-order valence-corrected chi connectivity index (χ4v) is 2.27. The zero-order valence-corrected chi connectivity index (χ0v) is 12.0. The number of methoxy groups -OCH3 is 1. The molecule has 6 nitrogen and oxygen atoms in total. The zero-order chi connectivity index (χ0) is 14.1. The number of aromatic nitrogens is 4. The van der Waals surface area contributed by atoms with Crippen LogP contribution in [0.5, 0.6) is 0 Å². The number of rotatable bonds is 2. The number of hydrogen-bond acceptors (Lipinski definition) is 5. The van der Waals surface area contributed by atoms with E-state index in [0.29, 0.717) is 22.7 Å². The molecule has 0 fully saturated rings. The van der Waals surface area contributed by atoms with Crippen molar-refractivity contribution in [3.05, 3.63) is 46.7 Å². The van der Waals surface area contributed by atoms with Gasteiger partial charge in [0.05, 0.1) is 12.7 Å². The number of carbonyl (C=O) groups excluding carboxylic acids is 1. The molecule has 0 saturated carbocycles. The third-order valence-corrected chi connectivity index (χ3v) is 3.43. The number of ether oxygens (including phenoxy) is 1. The minimum atomic E-state index is -0.411. The van der Waals surface area contributed by atoms with Crippen LogP contribution in [0.15, 0.2) is 41.1 Å². The van der Waals surface area contributed by atoms with Gasteiger partial charge in [0.2, 0.25) is 0 Å². The molecular formula is C13H9BrN4O2. The average Bonchev–Trinajstić information content (AvgIpc) is 2.90. The highest BCUT2D eigenvalue weighted by molar-refractivity contribution is 9.10. The fraction of sp³-hybridized carbons (Fsp3) is 0.0769. The van der Waals surface area contributed by atoms with Crippen molar-refractivity contribution in [1.29, 1.82) is 0 Å². The van der Waals surface area contributed by atoms with Crippen LogP contribution in [0.1, 0.15) is 10.4 Å². The average molecular weight is 333 g/mol. The molecule has 7 heteroatoms. The van der Waals surface area contributed by atoms with Crippen LogP contribution in [0.25, 0.3) is 17.2 Å². The third kappa shape index (κ3) is 2.05. The Bertz CT molecular complexity index is 800. The quantitative estimate of drug-likeness (QED) is 0.673. The van der Waals surface area contributed by atoms with Crippen molar-refractivity contribution in [2.45, 2.75) is 0 Å². The van der Waals surface area contributed by atoms with Gasteiger partial charge < -0.3 is 4.74 Å². The molecule has 0 saturated heterocycles. The lowest BCUT2D eigenvalue weighted by Gasteiger charge is -2.03. The second kappa shape index (κ2) is 5.01. The van der Waals surface area contributed by atoms with Crippen molar-refractivity contribution in [2.24, 2.45) is 0 Å². The van der Waals surface area contributed by atoms with Gasteiger partial charge in [-0.2, -0.15) is 0 Å². The molecule has 0 amide bonds.